The summed E-state index contributed by atoms with van der Waals surface area (Å²) in [5.74, 6) is -2.00. The van der Waals surface area contributed by atoms with Crippen molar-refractivity contribution in [2.75, 3.05) is 0 Å². The van der Waals surface area contributed by atoms with Gasteiger partial charge in [0.25, 0.3) is 0 Å². The van der Waals surface area contributed by atoms with E-state index in [1.165, 1.54) is 0 Å². The van der Waals surface area contributed by atoms with Crippen LogP contribution in [-0.4, -0.2) is 21.1 Å². The summed E-state index contributed by atoms with van der Waals surface area (Å²) in [6.07, 6.45) is 4.20. The molecule has 0 atom stereocenters. The molecule has 1 aliphatic carbocycles. The minimum absolute atomic E-state index is 0.00366. The minimum Gasteiger partial charge on any atom is -0.507 e. The molecule has 21 heavy (non-hydrogen) atoms. The number of aliphatic hydroxyl groups excluding tert-OH is 1. The molecule has 1 aromatic rings. The topological polar surface area (TPSA) is 60.7 Å². The molecular weight excluding hydrogens is 264 g/mol. The Morgan fingerprint density at radius 1 is 1.10 bits per heavy atom. The van der Waals surface area contributed by atoms with Gasteiger partial charge in [-0.2, -0.15) is 0 Å². The van der Waals surface area contributed by atoms with E-state index < -0.39 is 5.79 Å². The van der Waals surface area contributed by atoms with Crippen LogP contribution in [0.2, 0.25) is 0 Å². The van der Waals surface area contributed by atoms with Gasteiger partial charge < -0.3 is 15.3 Å². The van der Waals surface area contributed by atoms with E-state index in [4.69, 9.17) is 0 Å². The van der Waals surface area contributed by atoms with Gasteiger partial charge in [0.15, 0.2) is 5.79 Å². The smallest absolute Gasteiger partial charge is 0.197 e. The summed E-state index contributed by atoms with van der Waals surface area (Å²) in [5.41, 5.74) is 2.57. The maximum Gasteiger partial charge on any atom is 0.197 e. The lowest BCUT2D eigenvalue weighted by Gasteiger charge is -2.33. The average molecular weight is 288 g/mol. The van der Waals surface area contributed by atoms with E-state index in [1.807, 2.05) is 25.1 Å². The van der Waals surface area contributed by atoms with Gasteiger partial charge >= 0.3 is 0 Å². The van der Waals surface area contributed by atoms with Crippen molar-refractivity contribution in [1.29, 1.82) is 0 Å². The van der Waals surface area contributed by atoms with E-state index in [-0.39, 0.29) is 17.8 Å². The first-order chi connectivity index (χ1) is 9.97. The molecule has 0 aliphatic heterocycles. The fourth-order valence-electron chi connectivity index (χ4n) is 2.90. The lowest BCUT2D eigenvalue weighted by atomic mass is 9.81. The van der Waals surface area contributed by atoms with Crippen LogP contribution in [0.4, 0.5) is 0 Å². The zero-order valence-corrected chi connectivity index (χ0v) is 12.8. The molecule has 0 bridgehead atoms. The molecule has 1 aliphatic rings. The van der Waals surface area contributed by atoms with Crippen LogP contribution >= 0.6 is 0 Å². The van der Waals surface area contributed by atoms with E-state index in [2.05, 4.69) is 6.92 Å². The number of hydrogen-bond acceptors (Lipinski definition) is 3. The van der Waals surface area contributed by atoms with Crippen LogP contribution < -0.4 is 0 Å². The molecule has 0 saturated carbocycles. The van der Waals surface area contributed by atoms with Crippen molar-refractivity contribution in [2.45, 2.75) is 51.7 Å². The number of benzene rings is 1. The van der Waals surface area contributed by atoms with E-state index in [0.29, 0.717) is 5.56 Å². The quantitative estimate of drug-likeness (QED) is 0.568. The van der Waals surface area contributed by atoms with Gasteiger partial charge in [0.1, 0.15) is 5.76 Å². The van der Waals surface area contributed by atoms with E-state index in [9.17, 15) is 15.3 Å². The Balaban J connectivity index is 2.39. The van der Waals surface area contributed by atoms with Gasteiger partial charge in [-0.3, -0.25) is 0 Å². The predicted octanol–water partition coefficient (Wildman–Crippen LogP) is 3.94. The number of rotatable bonds is 5. The van der Waals surface area contributed by atoms with Crippen molar-refractivity contribution >= 4 is 5.57 Å². The summed E-state index contributed by atoms with van der Waals surface area (Å²) >= 11 is 0. The molecule has 0 spiro atoms. The molecule has 0 amide bonds. The first-order valence-electron chi connectivity index (χ1n) is 7.60. The molecule has 114 valence electrons. The summed E-state index contributed by atoms with van der Waals surface area (Å²) < 4.78 is 0. The van der Waals surface area contributed by atoms with Gasteiger partial charge in [0, 0.05) is 6.42 Å². The van der Waals surface area contributed by atoms with Gasteiger partial charge in [-0.05, 0) is 30.9 Å². The first kappa shape index (κ1) is 15.8. The normalized spacial score (nSPS) is 18.3. The van der Waals surface area contributed by atoms with Crippen LogP contribution in [0.3, 0.4) is 0 Å². The van der Waals surface area contributed by atoms with E-state index in [1.54, 1.807) is 12.1 Å². The molecule has 2 rings (SSSR count). The Morgan fingerprint density at radius 2 is 1.76 bits per heavy atom. The summed E-state index contributed by atoms with van der Waals surface area (Å²) in [7, 11) is 0. The Kier molecular flexibility index (Phi) is 4.86. The Morgan fingerprint density at radius 3 is 2.38 bits per heavy atom. The van der Waals surface area contributed by atoms with Gasteiger partial charge in [0.2, 0.25) is 0 Å². The fourth-order valence-corrected chi connectivity index (χ4v) is 2.90. The fraction of sp³-hybridized carbons (Fsp3) is 0.444. The highest BCUT2D eigenvalue weighted by molar-refractivity contribution is 5.77. The predicted molar refractivity (Wildman–Crippen MR) is 84.6 cm³/mol. The molecular formula is C18H24O3. The van der Waals surface area contributed by atoms with Gasteiger partial charge in [0.05, 0.1) is 5.57 Å². The highest BCUT2D eigenvalue weighted by Gasteiger charge is 2.38. The van der Waals surface area contributed by atoms with Crippen LogP contribution in [0.25, 0.3) is 5.57 Å². The zero-order valence-electron chi connectivity index (χ0n) is 12.8. The lowest BCUT2D eigenvalue weighted by molar-refractivity contribution is -0.109. The molecule has 3 nitrogen and oxygen atoms in total. The number of aliphatic hydroxyl groups is 3. The highest BCUT2D eigenvalue weighted by atomic mass is 16.5. The molecule has 3 heteroatoms. The average Bonchev–Trinajstić information content (AvgIpc) is 2.45. The second-order valence-corrected chi connectivity index (χ2v) is 5.77. The van der Waals surface area contributed by atoms with Crippen molar-refractivity contribution in [3.05, 3.63) is 52.8 Å². The van der Waals surface area contributed by atoms with Crippen LogP contribution in [0.5, 0.6) is 0 Å². The van der Waals surface area contributed by atoms with Crippen LogP contribution in [-0.2, 0) is 0 Å². The monoisotopic (exact) mass is 288 g/mol. The first-order valence-corrected chi connectivity index (χ1v) is 7.60. The largest absolute Gasteiger partial charge is 0.507 e. The van der Waals surface area contributed by atoms with Crippen LogP contribution in [0, 0.1) is 0 Å². The number of unbranched alkanes of at least 4 members (excludes halogenated alkanes) is 2. The molecule has 3 N–H and O–H groups in total. The van der Waals surface area contributed by atoms with Gasteiger partial charge in [-0.1, -0.05) is 55.7 Å². The molecule has 1 aromatic carbocycles. The second-order valence-electron chi connectivity index (χ2n) is 5.77. The van der Waals surface area contributed by atoms with E-state index in [0.717, 1.165) is 36.8 Å². The summed E-state index contributed by atoms with van der Waals surface area (Å²) in [4.78, 5) is 0. The molecule has 0 heterocycles. The highest BCUT2D eigenvalue weighted by Crippen LogP contribution is 2.41. The Labute approximate surface area is 126 Å². The Hall–Kier alpha value is -1.58. The van der Waals surface area contributed by atoms with Crippen LogP contribution in [0.1, 0.15) is 51.5 Å². The van der Waals surface area contributed by atoms with Crippen molar-refractivity contribution < 1.29 is 15.3 Å². The standard InChI is InChI=1S/C18H24O3/c1-3-4-6-11-15-12-18(20,21)16(17(19)13(15)2)14-9-7-5-8-10-14/h5,7-10,19-21H,3-4,6,11-12H2,1-2H3. The van der Waals surface area contributed by atoms with Crippen LogP contribution in [0.15, 0.2) is 47.2 Å². The molecule has 0 fully saturated rings. The maximum absolute atomic E-state index is 10.5. The minimum atomic E-state index is -2.01. The van der Waals surface area contributed by atoms with Crippen molar-refractivity contribution in [3.8, 4) is 0 Å². The van der Waals surface area contributed by atoms with E-state index >= 15 is 0 Å². The molecule has 0 unspecified atom stereocenters. The summed E-state index contributed by atoms with van der Waals surface area (Å²) in [6, 6.07) is 9.06. The van der Waals surface area contributed by atoms with Crippen molar-refractivity contribution in [3.63, 3.8) is 0 Å². The third kappa shape index (κ3) is 3.36. The SMILES string of the molecule is CCCCCC1=C(C)C(O)=C(c2ccccc2)C(O)(O)C1. The van der Waals surface area contributed by atoms with Crippen molar-refractivity contribution in [2.24, 2.45) is 0 Å². The Bertz CT molecular complexity index is 553. The molecule has 0 radical (unpaired) electrons. The third-order valence-corrected chi connectivity index (χ3v) is 4.13. The number of hydrogen-bond donors (Lipinski definition) is 3. The molecule has 0 saturated heterocycles. The van der Waals surface area contributed by atoms with Gasteiger partial charge in [-0.15, -0.1) is 0 Å². The third-order valence-electron chi connectivity index (χ3n) is 4.13. The lowest BCUT2D eigenvalue weighted by Crippen LogP contribution is -2.34. The zero-order chi connectivity index (χ0) is 15.5. The van der Waals surface area contributed by atoms with Crippen molar-refractivity contribution in [1.82, 2.24) is 0 Å². The second kappa shape index (κ2) is 6.46. The maximum atomic E-state index is 10.5. The molecule has 0 aromatic heterocycles. The summed E-state index contributed by atoms with van der Waals surface area (Å²) in [6.45, 7) is 3.99. The number of allylic oxidation sites excluding steroid dienone is 1. The van der Waals surface area contributed by atoms with Gasteiger partial charge in [-0.25, -0.2) is 0 Å². The summed E-state index contributed by atoms with van der Waals surface area (Å²) in [5, 5.41) is 31.3.